The van der Waals surface area contributed by atoms with Crippen molar-refractivity contribution in [2.24, 2.45) is 5.92 Å². The number of esters is 1. The quantitative estimate of drug-likeness (QED) is 0.598. The summed E-state index contributed by atoms with van der Waals surface area (Å²) in [5, 5.41) is 0. The molecule has 0 bridgehead atoms. The smallest absolute Gasteiger partial charge is 0.340 e. The van der Waals surface area contributed by atoms with Crippen molar-refractivity contribution in [2.75, 3.05) is 20.7 Å². The monoisotopic (exact) mass is 305 g/mol. The lowest BCUT2D eigenvalue weighted by Crippen LogP contribution is -2.27. The lowest BCUT2D eigenvalue weighted by atomic mass is 10.1. The molecule has 1 amide bonds. The topological polar surface area (TPSA) is 55.8 Å². The number of benzene rings is 1. The first-order valence-corrected chi connectivity index (χ1v) is 7.54. The zero-order valence-electron chi connectivity index (χ0n) is 13.6. The molecule has 120 valence electrons. The third-order valence-electron chi connectivity index (χ3n) is 3.66. The van der Waals surface area contributed by atoms with Gasteiger partial charge in [0.15, 0.2) is 6.10 Å². The van der Waals surface area contributed by atoms with Gasteiger partial charge in [0.05, 0.1) is 6.61 Å². The standard InChI is InChI=1S/C17H23NO4/c1-11-5-8-14(16(19)18(3)4)9-15(11)22-17(20)12(2)21-10-13-6-7-13/h5,8-9,12-13H,6-7,10H2,1-4H3. The van der Waals surface area contributed by atoms with Gasteiger partial charge < -0.3 is 14.4 Å². The molecule has 1 aromatic rings. The predicted molar refractivity (Wildman–Crippen MR) is 83.0 cm³/mol. The van der Waals surface area contributed by atoms with E-state index in [4.69, 9.17) is 9.47 Å². The average Bonchev–Trinajstić information content (AvgIpc) is 3.30. The Balaban J connectivity index is 2.02. The summed E-state index contributed by atoms with van der Waals surface area (Å²) in [6.07, 6.45) is 1.75. The molecule has 0 aromatic heterocycles. The van der Waals surface area contributed by atoms with Crippen molar-refractivity contribution in [1.82, 2.24) is 4.90 Å². The maximum atomic E-state index is 12.1. The maximum Gasteiger partial charge on any atom is 0.340 e. The van der Waals surface area contributed by atoms with Crippen LogP contribution in [0.2, 0.25) is 0 Å². The van der Waals surface area contributed by atoms with Crippen molar-refractivity contribution in [3.8, 4) is 5.75 Å². The average molecular weight is 305 g/mol. The summed E-state index contributed by atoms with van der Waals surface area (Å²) in [5.41, 5.74) is 1.29. The van der Waals surface area contributed by atoms with E-state index in [1.165, 1.54) is 17.7 Å². The van der Waals surface area contributed by atoms with Gasteiger partial charge in [0.1, 0.15) is 5.75 Å². The molecule has 1 aliphatic rings. The van der Waals surface area contributed by atoms with Gasteiger partial charge >= 0.3 is 5.97 Å². The third kappa shape index (κ3) is 4.31. The summed E-state index contributed by atoms with van der Waals surface area (Å²) < 4.78 is 10.9. The Kier molecular flexibility index (Phi) is 5.19. The Bertz CT molecular complexity index is 564. The minimum Gasteiger partial charge on any atom is -0.424 e. The van der Waals surface area contributed by atoms with Gasteiger partial charge in [-0.15, -0.1) is 0 Å². The molecule has 0 aliphatic heterocycles. The molecule has 5 heteroatoms. The number of carbonyl (C=O) groups is 2. The Morgan fingerprint density at radius 1 is 1.32 bits per heavy atom. The highest BCUT2D eigenvalue weighted by molar-refractivity contribution is 5.94. The van der Waals surface area contributed by atoms with Crippen LogP contribution in [0.5, 0.6) is 5.75 Å². The largest absolute Gasteiger partial charge is 0.424 e. The minimum absolute atomic E-state index is 0.129. The molecule has 1 saturated carbocycles. The van der Waals surface area contributed by atoms with Crippen LogP contribution < -0.4 is 4.74 Å². The van der Waals surface area contributed by atoms with Crippen molar-refractivity contribution in [3.05, 3.63) is 29.3 Å². The molecule has 0 radical (unpaired) electrons. The third-order valence-corrected chi connectivity index (χ3v) is 3.66. The summed E-state index contributed by atoms with van der Waals surface area (Å²) in [7, 11) is 3.36. The fourth-order valence-electron chi connectivity index (χ4n) is 1.93. The van der Waals surface area contributed by atoms with Crippen molar-refractivity contribution < 1.29 is 19.1 Å². The van der Waals surface area contributed by atoms with Crippen molar-refractivity contribution >= 4 is 11.9 Å². The van der Waals surface area contributed by atoms with Crippen LogP contribution in [0.3, 0.4) is 0 Å². The SMILES string of the molecule is Cc1ccc(C(=O)N(C)C)cc1OC(=O)C(C)OCC1CC1. The van der Waals surface area contributed by atoms with Gasteiger partial charge in [-0.2, -0.15) is 0 Å². The first-order chi connectivity index (χ1) is 10.4. The van der Waals surface area contributed by atoms with Crippen molar-refractivity contribution in [1.29, 1.82) is 0 Å². The summed E-state index contributed by atoms with van der Waals surface area (Å²) in [4.78, 5) is 25.5. The van der Waals surface area contributed by atoms with Gasteiger partial charge in [0.25, 0.3) is 5.91 Å². The van der Waals surface area contributed by atoms with E-state index in [1.54, 1.807) is 39.2 Å². The molecule has 0 heterocycles. The van der Waals surface area contributed by atoms with Crippen LogP contribution in [0.25, 0.3) is 0 Å². The molecule has 1 fully saturated rings. The van der Waals surface area contributed by atoms with Crippen LogP contribution in [-0.2, 0) is 9.53 Å². The summed E-state index contributed by atoms with van der Waals surface area (Å²) in [5.74, 6) is 0.436. The van der Waals surface area contributed by atoms with Gasteiger partial charge in [-0.3, -0.25) is 4.79 Å². The lowest BCUT2D eigenvalue weighted by Gasteiger charge is -2.15. The first kappa shape index (κ1) is 16.5. The Morgan fingerprint density at radius 2 is 2.00 bits per heavy atom. The van der Waals surface area contributed by atoms with Crippen molar-refractivity contribution in [3.63, 3.8) is 0 Å². The Labute approximate surface area is 131 Å². The maximum absolute atomic E-state index is 12.1. The van der Waals surface area contributed by atoms with Crippen molar-refractivity contribution in [2.45, 2.75) is 32.8 Å². The number of aryl methyl sites for hydroxylation is 1. The van der Waals surface area contributed by atoms with Crippen LogP contribution in [0.1, 0.15) is 35.7 Å². The molecular formula is C17H23NO4. The van der Waals surface area contributed by atoms with Gasteiger partial charge in [-0.1, -0.05) is 6.07 Å². The summed E-state index contributed by atoms with van der Waals surface area (Å²) in [6.45, 7) is 4.13. The minimum atomic E-state index is -0.604. The normalized spacial score (nSPS) is 15.3. The number of hydrogen-bond donors (Lipinski definition) is 0. The molecule has 0 saturated heterocycles. The van der Waals surface area contributed by atoms with E-state index < -0.39 is 12.1 Å². The summed E-state index contributed by atoms with van der Waals surface area (Å²) >= 11 is 0. The lowest BCUT2D eigenvalue weighted by molar-refractivity contribution is -0.146. The number of carbonyl (C=O) groups excluding carboxylic acids is 2. The summed E-state index contributed by atoms with van der Waals surface area (Å²) in [6, 6.07) is 5.10. The van der Waals surface area contributed by atoms with Gasteiger partial charge in [-0.25, -0.2) is 4.79 Å². The van der Waals surface area contributed by atoms with Crippen LogP contribution in [0.15, 0.2) is 18.2 Å². The molecule has 5 nitrogen and oxygen atoms in total. The highest BCUT2D eigenvalue weighted by Crippen LogP contribution is 2.29. The fraction of sp³-hybridized carbons (Fsp3) is 0.529. The van der Waals surface area contributed by atoms with Crippen LogP contribution >= 0.6 is 0 Å². The van der Waals surface area contributed by atoms with Gasteiger partial charge in [0, 0.05) is 19.7 Å². The van der Waals surface area contributed by atoms with E-state index in [0.29, 0.717) is 23.8 Å². The molecule has 2 rings (SSSR count). The number of amides is 1. The molecule has 0 N–H and O–H groups in total. The highest BCUT2D eigenvalue weighted by atomic mass is 16.6. The molecular weight excluding hydrogens is 282 g/mol. The van der Waals surface area contributed by atoms with Crippen LogP contribution in [0, 0.1) is 12.8 Å². The van der Waals surface area contributed by atoms with E-state index in [2.05, 4.69) is 0 Å². The zero-order chi connectivity index (χ0) is 16.3. The molecule has 1 aromatic carbocycles. The van der Waals surface area contributed by atoms with Gasteiger partial charge in [-0.05, 0) is 50.3 Å². The number of nitrogens with zero attached hydrogens (tertiary/aromatic N) is 1. The van der Waals surface area contributed by atoms with Gasteiger partial charge in [0.2, 0.25) is 0 Å². The zero-order valence-corrected chi connectivity index (χ0v) is 13.6. The number of rotatable bonds is 6. The number of hydrogen-bond acceptors (Lipinski definition) is 4. The van der Waals surface area contributed by atoms with Crippen LogP contribution in [0.4, 0.5) is 0 Å². The fourth-order valence-corrected chi connectivity index (χ4v) is 1.93. The molecule has 1 aliphatic carbocycles. The second-order valence-corrected chi connectivity index (χ2v) is 6.02. The molecule has 0 spiro atoms. The Morgan fingerprint density at radius 3 is 2.59 bits per heavy atom. The van der Waals surface area contributed by atoms with E-state index in [0.717, 1.165) is 5.56 Å². The molecule has 1 atom stereocenters. The van der Waals surface area contributed by atoms with E-state index >= 15 is 0 Å². The van der Waals surface area contributed by atoms with E-state index in [1.807, 2.05) is 6.92 Å². The predicted octanol–water partition coefficient (Wildman–Crippen LogP) is 2.42. The second kappa shape index (κ2) is 6.92. The van der Waals surface area contributed by atoms with E-state index in [-0.39, 0.29) is 5.91 Å². The Hall–Kier alpha value is -1.88. The highest BCUT2D eigenvalue weighted by Gasteiger charge is 2.25. The first-order valence-electron chi connectivity index (χ1n) is 7.54. The van der Waals surface area contributed by atoms with Crippen LogP contribution in [-0.4, -0.2) is 43.6 Å². The second-order valence-electron chi connectivity index (χ2n) is 6.02. The van der Waals surface area contributed by atoms with E-state index in [9.17, 15) is 9.59 Å². The number of ether oxygens (including phenoxy) is 2. The molecule has 1 unspecified atom stereocenters. The molecule has 22 heavy (non-hydrogen) atoms.